The highest BCUT2D eigenvalue weighted by Crippen LogP contribution is 2.37. The Hall–Kier alpha value is -2.57. The number of anilines is 2. The van der Waals surface area contributed by atoms with Crippen LogP contribution in [0, 0.1) is 22.7 Å². The lowest BCUT2D eigenvalue weighted by Crippen LogP contribution is -2.22. The van der Waals surface area contributed by atoms with Crippen LogP contribution in [0.4, 0.5) is 10.7 Å². The van der Waals surface area contributed by atoms with Gasteiger partial charge in [-0.25, -0.2) is 0 Å². The van der Waals surface area contributed by atoms with Gasteiger partial charge in [0.05, 0.1) is 17.9 Å². The fourth-order valence-corrected chi connectivity index (χ4v) is 2.89. The number of nitrogens with two attached hydrogens (primary N) is 1. The molecule has 20 heavy (non-hydrogen) atoms. The number of pyridine rings is 1. The van der Waals surface area contributed by atoms with E-state index in [1.165, 1.54) is 11.3 Å². The van der Waals surface area contributed by atoms with E-state index >= 15 is 0 Å². The summed E-state index contributed by atoms with van der Waals surface area (Å²) in [6.45, 7) is 3.28. The van der Waals surface area contributed by atoms with Gasteiger partial charge in [0.25, 0.3) is 0 Å². The summed E-state index contributed by atoms with van der Waals surface area (Å²) in [5.74, 6) is 0. The predicted molar refractivity (Wildman–Crippen MR) is 79.1 cm³/mol. The minimum atomic E-state index is 0.273. The highest BCUT2D eigenvalue weighted by Gasteiger charge is 2.20. The average molecular weight is 283 g/mol. The zero-order valence-electron chi connectivity index (χ0n) is 11.0. The molecule has 0 unspecified atom stereocenters. The first-order valence-corrected chi connectivity index (χ1v) is 6.90. The van der Waals surface area contributed by atoms with E-state index in [1.54, 1.807) is 6.20 Å². The molecule has 0 aromatic carbocycles. The zero-order chi connectivity index (χ0) is 14.5. The molecule has 0 fully saturated rings. The molecule has 100 valence electrons. The van der Waals surface area contributed by atoms with Gasteiger partial charge < -0.3 is 10.6 Å². The molecule has 0 atom stereocenters. The maximum Gasteiger partial charge on any atom is 0.131 e. The van der Waals surface area contributed by atoms with Crippen LogP contribution in [0.1, 0.15) is 23.1 Å². The molecule has 0 saturated heterocycles. The van der Waals surface area contributed by atoms with Crippen molar-refractivity contribution in [3.05, 3.63) is 40.5 Å². The third-order valence-corrected chi connectivity index (χ3v) is 4.06. The van der Waals surface area contributed by atoms with Crippen LogP contribution in [0.2, 0.25) is 0 Å². The van der Waals surface area contributed by atoms with Gasteiger partial charge in [-0.3, -0.25) is 4.98 Å². The van der Waals surface area contributed by atoms with Crippen molar-refractivity contribution in [2.24, 2.45) is 0 Å². The molecule has 6 heteroatoms. The molecular formula is C14H13N5S. The number of rotatable bonds is 4. The van der Waals surface area contributed by atoms with Crippen molar-refractivity contribution in [2.75, 3.05) is 17.2 Å². The molecule has 2 heterocycles. The van der Waals surface area contributed by atoms with Gasteiger partial charge in [0.2, 0.25) is 0 Å². The van der Waals surface area contributed by atoms with Gasteiger partial charge in [-0.05, 0) is 19.1 Å². The molecule has 2 rings (SSSR count). The molecule has 2 aromatic rings. The highest BCUT2D eigenvalue weighted by molar-refractivity contribution is 7.17. The average Bonchev–Trinajstić information content (AvgIpc) is 2.81. The first kappa shape index (κ1) is 13.9. The molecule has 0 amide bonds. The Morgan fingerprint density at radius 1 is 1.35 bits per heavy atom. The molecule has 0 spiro atoms. The summed E-state index contributed by atoms with van der Waals surface area (Å²) in [5, 5.41) is 19.0. The van der Waals surface area contributed by atoms with Crippen LogP contribution in [-0.4, -0.2) is 11.5 Å². The molecule has 0 bridgehead atoms. The number of nitriles is 2. The minimum Gasteiger partial charge on any atom is -0.396 e. The van der Waals surface area contributed by atoms with Crippen LogP contribution in [0.15, 0.2) is 24.4 Å². The van der Waals surface area contributed by atoms with E-state index in [1.807, 2.05) is 36.1 Å². The maximum absolute atomic E-state index is 9.24. The molecule has 0 aliphatic rings. The summed E-state index contributed by atoms with van der Waals surface area (Å²) < 4.78 is 0. The molecule has 0 aliphatic heterocycles. The second kappa shape index (κ2) is 6.05. The summed E-state index contributed by atoms with van der Waals surface area (Å²) in [4.78, 5) is 6.67. The lowest BCUT2D eigenvalue weighted by atomic mass is 10.2. The fraction of sp³-hybridized carbons (Fsp3) is 0.214. The van der Waals surface area contributed by atoms with Gasteiger partial charge in [0, 0.05) is 12.7 Å². The lowest BCUT2D eigenvalue weighted by molar-refractivity contribution is 0.817. The Kier molecular flexibility index (Phi) is 4.19. The summed E-state index contributed by atoms with van der Waals surface area (Å²) in [5.41, 5.74) is 7.39. The van der Waals surface area contributed by atoms with E-state index in [4.69, 9.17) is 11.0 Å². The van der Waals surface area contributed by atoms with Crippen LogP contribution < -0.4 is 10.6 Å². The van der Waals surface area contributed by atoms with E-state index in [2.05, 4.69) is 11.1 Å². The van der Waals surface area contributed by atoms with Crippen molar-refractivity contribution in [1.29, 1.82) is 10.5 Å². The Labute approximate surface area is 121 Å². The van der Waals surface area contributed by atoms with Crippen molar-refractivity contribution in [3.8, 4) is 12.1 Å². The third kappa shape index (κ3) is 2.56. The van der Waals surface area contributed by atoms with E-state index in [-0.39, 0.29) is 5.69 Å². The first-order chi connectivity index (χ1) is 9.71. The molecule has 5 nitrogen and oxygen atoms in total. The Morgan fingerprint density at radius 2 is 2.15 bits per heavy atom. The maximum atomic E-state index is 9.24. The summed E-state index contributed by atoms with van der Waals surface area (Å²) in [6.07, 6.45) is 1.73. The molecular weight excluding hydrogens is 270 g/mol. The quantitative estimate of drug-likeness (QED) is 0.931. The number of hydrogen-bond donors (Lipinski definition) is 1. The van der Waals surface area contributed by atoms with Gasteiger partial charge in [-0.15, -0.1) is 11.3 Å². The number of thiophene rings is 1. The smallest absolute Gasteiger partial charge is 0.131 e. The predicted octanol–water partition coefficient (Wildman–Crippen LogP) is 2.50. The minimum absolute atomic E-state index is 0.273. The monoisotopic (exact) mass is 283 g/mol. The molecule has 0 aliphatic carbocycles. The number of hydrogen-bond acceptors (Lipinski definition) is 6. The second-order valence-electron chi connectivity index (χ2n) is 4.08. The molecule has 2 N–H and O–H groups in total. The second-order valence-corrected chi connectivity index (χ2v) is 5.08. The van der Waals surface area contributed by atoms with Crippen molar-refractivity contribution in [2.45, 2.75) is 13.5 Å². The zero-order valence-corrected chi connectivity index (χ0v) is 11.8. The number of nitrogens with zero attached hydrogens (tertiary/aromatic N) is 4. The summed E-state index contributed by atoms with van der Waals surface area (Å²) in [6, 6.07) is 9.83. The molecule has 0 radical (unpaired) electrons. The summed E-state index contributed by atoms with van der Waals surface area (Å²) in [7, 11) is 0. The van der Waals surface area contributed by atoms with Crippen LogP contribution in [0.25, 0.3) is 0 Å². The van der Waals surface area contributed by atoms with E-state index in [0.29, 0.717) is 23.5 Å². The lowest BCUT2D eigenvalue weighted by Gasteiger charge is -2.21. The first-order valence-electron chi connectivity index (χ1n) is 6.08. The van der Waals surface area contributed by atoms with Crippen molar-refractivity contribution in [1.82, 2.24) is 4.98 Å². The standard InChI is InChI=1S/C14H13N5S/c1-2-19(9-10-5-3-4-6-18-10)14-11(7-15)13(17)12(8-16)20-14/h3-6H,2,9,17H2,1H3. The van der Waals surface area contributed by atoms with Crippen LogP contribution in [0.3, 0.4) is 0 Å². The van der Waals surface area contributed by atoms with Crippen LogP contribution >= 0.6 is 11.3 Å². The van der Waals surface area contributed by atoms with Crippen LogP contribution in [-0.2, 0) is 6.54 Å². The fourth-order valence-electron chi connectivity index (χ4n) is 1.86. The van der Waals surface area contributed by atoms with E-state index < -0.39 is 0 Å². The normalized spacial score (nSPS) is 9.75. The van der Waals surface area contributed by atoms with Gasteiger partial charge in [0.1, 0.15) is 27.6 Å². The van der Waals surface area contributed by atoms with Crippen molar-refractivity contribution < 1.29 is 0 Å². The molecule has 2 aromatic heterocycles. The Bertz CT molecular complexity index is 678. The summed E-state index contributed by atoms with van der Waals surface area (Å²) >= 11 is 1.25. The van der Waals surface area contributed by atoms with Gasteiger partial charge >= 0.3 is 0 Å². The third-order valence-electron chi connectivity index (χ3n) is 2.89. The Balaban J connectivity index is 2.38. The highest BCUT2D eigenvalue weighted by atomic mass is 32.1. The van der Waals surface area contributed by atoms with Crippen molar-refractivity contribution >= 4 is 22.0 Å². The van der Waals surface area contributed by atoms with Gasteiger partial charge in [0.15, 0.2) is 0 Å². The SMILES string of the molecule is CCN(Cc1ccccn1)c1sc(C#N)c(N)c1C#N. The van der Waals surface area contributed by atoms with Gasteiger partial charge in [-0.2, -0.15) is 10.5 Å². The van der Waals surface area contributed by atoms with Crippen LogP contribution in [0.5, 0.6) is 0 Å². The number of aromatic nitrogens is 1. The van der Waals surface area contributed by atoms with E-state index in [9.17, 15) is 5.26 Å². The van der Waals surface area contributed by atoms with E-state index in [0.717, 1.165) is 10.7 Å². The Morgan fingerprint density at radius 3 is 2.70 bits per heavy atom. The van der Waals surface area contributed by atoms with Gasteiger partial charge in [-0.1, -0.05) is 6.07 Å². The number of nitrogen functional groups attached to an aromatic ring is 1. The topological polar surface area (TPSA) is 89.7 Å². The largest absolute Gasteiger partial charge is 0.396 e. The molecule has 0 saturated carbocycles. The van der Waals surface area contributed by atoms with Crippen molar-refractivity contribution in [3.63, 3.8) is 0 Å².